The van der Waals surface area contributed by atoms with Crippen molar-refractivity contribution in [1.29, 1.82) is 0 Å². The lowest BCUT2D eigenvalue weighted by atomic mass is 9.96. The fraction of sp³-hybridized carbons (Fsp3) is 0.188. The van der Waals surface area contributed by atoms with E-state index < -0.39 is 0 Å². The van der Waals surface area contributed by atoms with Gasteiger partial charge in [-0.05, 0) is 29.7 Å². The summed E-state index contributed by atoms with van der Waals surface area (Å²) in [6.07, 6.45) is 0.952. The van der Waals surface area contributed by atoms with Crippen molar-refractivity contribution < 1.29 is 0 Å². The number of halogens is 1. The van der Waals surface area contributed by atoms with Crippen molar-refractivity contribution in [1.82, 2.24) is 15.3 Å². The molecule has 100 valence electrons. The van der Waals surface area contributed by atoms with Crippen molar-refractivity contribution in [3.8, 4) is 0 Å². The molecule has 1 aliphatic heterocycles. The van der Waals surface area contributed by atoms with Crippen molar-refractivity contribution in [3.05, 3.63) is 64.4 Å². The third-order valence-electron chi connectivity index (χ3n) is 3.89. The first-order valence-corrected chi connectivity index (χ1v) is 7.13. The Hall–Kier alpha value is -1.84. The lowest BCUT2D eigenvalue weighted by Gasteiger charge is -2.24. The van der Waals surface area contributed by atoms with Gasteiger partial charge in [0, 0.05) is 6.54 Å². The van der Waals surface area contributed by atoms with Crippen LogP contribution in [-0.4, -0.2) is 9.97 Å². The van der Waals surface area contributed by atoms with Crippen molar-refractivity contribution in [2.75, 3.05) is 0 Å². The minimum atomic E-state index is 0.216. The van der Waals surface area contributed by atoms with Gasteiger partial charge in [0.05, 0.1) is 16.6 Å². The Labute approximate surface area is 122 Å². The van der Waals surface area contributed by atoms with Crippen LogP contribution >= 0.6 is 11.6 Å². The molecule has 0 amide bonds. The number of hydrogen-bond donors (Lipinski definition) is 2. The lowest BCUT2D eigenvalue weighted by molar-refractivity contribution is 0.481. The number of hydrogen-bond acceptors (Lipinski definition) is 2. The Kier molecular flexibility index (Phi) is 2.76. The first-order valence-electron chi connectivity index (χ1n) is 6.75. The van der Waals surface area contributed by atoms with Crippen molar-refractivity contribution in [2.24, 2.45) is 0 Å². The molecule has 3 aromatic rings. The second kappa shape index (κ2) is 4.62. The Morgan fingerprint density at radius 3 is 2.75 bits per heavy atom. The highest BCUT2D eigenvalue weighted by Crippen LogP contribution is 2.27. The molecule has 2 heterocycles. The van der Waals surface area contributed by atoms with Crippen molar-refractivity contribution in [2.45, 2.75) is 19.0 Å². The van der Waals surface area contributed by atoms with Gasteiger partial charge in [0.1, 0.15) is 11.3 Å². The van der Waals surface area contributed by atoms with Crippen LogP contribution in [0.3, 0.4) is 0 Å². The predicted molar refractivity (Wildman–Crippen MR) is 80.8 cm³/mol. The van der Waals surface area contributed by atoms with E-state index in [1.165, 1.54) is 11.1 Å². The Morgan fingerprint density at radius 1 is 1.05 bits per heavy atom. The summed E-state index contributed by atoms with van der Waals surface area (Å²) < 4.78 is 0. The highest BCUT2D eigenvalue weighted by Gasteiger charge is 2.22. The standard InChI is InChI=1S/C16H14ClN3/c17-12-6-3-7-13-15(12)20-16(19-13)14-8-10-4-1-2-5-11(10)9-18-14/h1-7,14,18H,8-9H2,(H,19,20). The van der Waals surface area contributed by atoms with E-state index >= 15 is 0 Å². The number of nitrogens with one attached hydrogen (secondary N) is 2. The van der Waals surface area contributed by atoms with Gasteiger partial charge in [0.2, 0.25) is 0 Å². The van der Waals surface area contributed by atoms with Crippen molar-refractivity contribution >= 4 is 22.6 Å². The van der Waals surface area contributed by atoms with Gasteiger partial charge < -0.3 is 10.3 Å². The zero-order valence-electron chi connectivity index (χ0n) is 10.9. The van der Waals surface area contributed by atoms with Gasteiger partial charge in [-0.25, -0.2) is 4.98 Å². The molecule has 0 fully saturated rings. The first kappa shape index (κ1) is 11.9. The molecule has 0 saturated carbocycles. The van der Waals surface area contributed by atoms with Crippen LogP contribution in [0.15, 0.2) is 42.5 Å². The van der Waals surface area contributed by atoms with E-state index in [-0.39, 0.29) is 6.04 Å². The minimum Gasteiger partial charge on any atom is -0.341 e. The molecule has 4 rings (SSSR count). The topological polar surface area (TPSA) is 40.7 Å². The summed E-state index contributed by atoms with van der Waals surface area (Å²) in [5, 5.41) is 4.23. The fourth-order valence-corrected chi connectivity index (χ4v) is 3.05. The molecule has 2 aromatic carbocycles. The second-order valence-corrected chi connectivity index (χ2v) is 5.57. The zero-order valence-corrected chi connectivity index (χ0v) is 11.6. The molecular weight excluding hydrogens is 270 g/mol. The number of H-pyrrole nitrogens is 1. The number of nitrogens with zero attached hydrogens (tertiary/aromatic N) is 1. The molecule has 0 spiro atoms. The number of aromatic nitrogens is 2. The van der Waals surface area contributed by atoms with Gasteiger partial charge in [-0.3, -0.25) is 0 Å². The monoisotopic (exact) mass is 283 g/mol. The smallest absolute Gasteiger partial charge is 0.124 e. The average Bonchev–Trinajstić information content (AvgIpc) is 2.92. The normalized spacial score (nSPS) is 18.1. The molecule has 1 aromatic heterocycles. The highest BCUT2D eigenvalue weighted by atomic mass is 35.5. The van der Waals surface area contributed by atoms with E-state index in [4.69, 9.17) is 11.6 Å². The summed E-state index contributed by atoms with van der Waals surface area (Å²) in [5.74, 6) is 0.961. The van der Waals surface area contributed by atoms with Crippen LogP contribution in [0, 0.1) is 0 Å². The zero-order chi connectivity index (χ0) is 13.5. The maximum atomic E-state index is 6.19. The summed E-state index contributed by atoms with van der Waals surface area (Å²) in [6.45, 7) is 0.881. The van der Waals surface area contributed by atoms with Crippen molar-refractivity contribution in [3.63, 3.8) is 0 Å². The Bertz CT molecular complexity index is 778. The number of imidazole rings is 1. The van der Waals surface area contributed by atoms with Crippen LogP contribution in [0.25, 0.3) is 11.0 Å². The second-order valence-electron chi connectivity index (χ2n) is 5.16. The molecule has 4 heteroatoms. The molecule has 20 heavy (non-hydrogen) atoms. The maximum Gasteiger partial charge on any atom is 0.124 e. The number of benzene rings is 2. The third kappa shape index (κ3) is 1.90. The maximum absolute atomic E-state index is 6.19. The Balaban J connectivity index is 1.72. The molecule has 0 bridgehead atoms. The summed E-state index contributed by atoms with van der Waals surface area (Å²) in [7, 11) is 0. The predicted octanol–water partition coefficient (Wildman–Crippen LogP) is 3.60. The summed E-state index contributed by atoms with van der Waals surface area (Å²) in [6, 6.07) is 14.6. The molecule has 0 saturated heterocycles. The van der Waals surface area contributed by atoms with Crippen LogP contribution < -0.4 is 5.32 Å². The van der Waals surface area contributed by atoms with Gasteiger partial charge in [0.25, 0.3) is 0 Å². The van der Waals surface area contributed by atoms with E-state index in [2.05, 4.69) is 39.6 Å². The van der Waals surface area contributed by atoms with E-state index in [9.17, 15) is 0 Å². The molecule has 1 atom stereocenters. The number of fused-ring (bicyclic) bond motifs is 2. The summed E-state index contributed by atoms with van der Waals surface area (Å²) in [4.78, 5) is 8.04. The fourth-order valence-electron chi connectivity index (χ4n) is 2.83. The molecule has 1 unspecified atom stereocenters. The SMILES string of the molecule is Clc1cccc2[nH]c(C3Cc4ccccc4CN3)nc12. The first-order chi connectivity index (χ1) is 9.81. The van der Waals surface area contributed by atoms with Crippen LogP contribution in [0.4, 0.5) is 0 Å². The molecule has 2 N–H and O–H groups in total. The van der Waals surface area contributed by atoms with Crippen LogP contribution in [0.2, 0.25) is 5.02 Å². The van der Waals surface area contributed by atoms with Crippen LogP contribution in [0.5, 0.6) is 0 Å². The summed E-state index contributed by atoms with van der Waals surface area (Å²) >= 11 is 6.19. The quantitative estimate of drug-likeness (QED) is 0.716. The summed E-state index contributed by atoms with van der Waals surface area (Å²) in [5.41, 5.74) is 4.61. The van der Waals surface area contributed by atoms with E-state index in [0.29, 0.717) is 5.02 Å². The molecule has 3 nitrogen and oxygen atoms in total. The van der Waals surface area contributed by atoms with Crippen LogP contribution in [-0.2, 0) is 13.0 Å². The Morgan fingerprint density at radius 2 is 1.90 bits per heavy atom. The van der Waals surface area contributed by atoms with Gasteiger partial charge in [-0.2, -0.15) is 0 Å². The lowest BCUT2D eigenvalue weighted by Crippen LogP contribution is -2.29. The average molecular weight is 284 g/mol. The van der Waals surface area contributed by atoms with Gasteiger partial charge >= 0.3 is 0 Å². The molecule has 1 aliphatic rings. The minimum absolute atomic E-state index is 0.216. The molecular formula is C16H14ClN3. The van der Waals surface area contributed by atoms with E-state index in [1.807, 2.05) is 18.2 Å². The molecule has 0 radical (unpaired) electrons. The number of rotatable bonds is 1. The van der Waals surface area contributed by atoms with Gasteiger partial charge in [0.15, 0.2) is 0 Å². The van der Waals surface area contributed by atoms with Gasteiger partial charge in [-0.15, -0.1) is 0 Å². The number of para-hydroxylation sites is 1. The van der Waals surface area contributed by atoms with E-state index in [0.717, 1.165) is 29.8 Å². The third-order valence-corrected chi connectivity index (χ3v) is 4.20. The van der Waals surface area contributed by atoms with Gasteiger partial charge in [-0.1, -0.05) is 41.9 Å². The number of aromatic amines is 1. The van der Waals surface area contributed by atoms with E-state index in [1.54, 1.807) is 0 Å². The molecule has 0 aliphatic carbocycles. The van der Waals surface area contributed by atoms with Crippen LogP contribution in [0.1, 0.15) is 23.0 Å². The highest BCUT2D eigenvalue weighted by molar-refractivity contribution is 6.34. The largest absolute Gasteiger partial charge is 0.341 e.